The van der Waals surface area contributed by atoms with E-state index in [1.165, 1.54) is 12.8 Å². The summed E-state index contributed by atoms with van der Waals surface area (Å²) in [6.07, 6.45) is 5.10. The topological polar surface area (TPSA) is 59.0 Å². The number of likely N-dealkylation sites (tertiary alicyclic amines) is 1. The van der Waals surface area contributed by atoms with Gasteiger partial charge in [-0.2, -0.15) is 0 Å². The van der Waals surface area contributed by atoms with Crippen LogP contribution >= 0.6 is 0 Å². The van der Waals surface area contributed by atoms with Crippen LogP contribution in [0.2, 0.25) is 0 Å². The molecule has 2 saturated heterocycles. The van der Waals surface area contributed by atoms with Gasteiger partial charge in [0, 0.05) is 26.1 Å². The highest BCUT2D eigenvalue weighted by Gasteiger charge is 2.43. The van der Waals surface area contributed by atoms with Gasteiger partial charge in [0.2, 0.25) is 0 Å². The van der Waals surface area contributed by atoms with Crippen LogP contribution in [0.3, 0.4) is 0 Å². The maximum Gasteiger partial charge on any atom is 0.257 e. The second-order valence-corrected chi connectivity index (χ2v) is 6.13. The largest absolute Gasteiger partial charge is 0.378 e. The fourth-order valence-electron chi connectivity index (χ4n) is 2.83. The number of ether oxygens (including phenoxy) is 2. The van der Waals surface area contributed by atoms with Crippen molar-refractivity contribution < 1.29 is 19.4 Å². The van der Waals surface area contributed by atoms with E-state index in [-0.39, 0.29) is 18.6 Å². The zero-order valence-electron chi connectivity index (χ0n) is 11.3. The molecule has 0 radical (unpaired) electrons. The lowest BCUT2D eigenvalue weighted by atomic mass is 9.99. The predicted molar refractivity (Wildman–Crippen MR) is 68.7 cm³/mol. The van der Waals surface area contributed by atoms with Crippen LogP contribution in [-0.2, 0) is 14.3 Å². The van der Waals surface area contributed by atoms with Crippen LogP contribution in [-0.4, -0.2) is 60.5 Å². The summed E-state index contributed by atoms with van der Waals surface area (Å²) in [5.74, 6) is 0.572. The van der Waals surface area contributed by atoms with Gasteiger partial charge in [-0.25, -0.2) is 0 Å². The van der Waals surface area contributed by atoms with E-state index in [1.807, 2.05) is 0 Å². The van der Waals surface area contributed by atoms with E-state index >= 15 is 0 Å². The summed E-state index contributed by atoms with van der Waals surface area (Å²) in [5.41, 5.74) is -1.29. The van der Waals surface area contributed by atoms with Crippen LogP contribution in [0.5, 0.6) is 0 Å². The minimum Gasteiger partial charge on any atom is -0.378 e. The van der Waals surface area contributed by atoms with Crippen LogP contribution in [0.1, 0.15) is 32.1 Å². The van der Waals surface area contributed by atoms with Crippen molar-refractivity contribution in [1.29, 1.82) is 0 Å². The first-order valence-electron chi connectivity index (χ1n) is 7.38. The number of piperidine rings is 1. The lowest BCUT2D eigenvalue weighted by Gasteiger charge is -2.36. The Morgan fingerprint density at radius 2 is 2.26 bits per heavy atom. The van der Waals surface area contributed by atoms with Gasteiger partial charge < -0.3 is 19.5 Å². The predicted octanol–water partition coefficient (Wildman–Crippen LogP) is 0.555. The Labute approximate surface area is 113 Å². The minimum absolute atomic E-state index is 0.135. The van der Waals surface area contributed by atoms with Crippen LogP contribution in [0.25, 0.3) is 0 Å². The van der Waals surface area contributed by atoms with E-state index in [9.17, 15) is 9.90 Å². The third kappa shape index (κ3) is 3.09. The number of carbonyl (C=O) groups is 1. The standard InChI is InChI=1S/C14H23NO4/c16-13(14(17)5-7-18-10-14)15-6-1-2-12(8-15)19-9-11-3-4-11/h11-12,17H,1-10H2. The van der Waals surface area contributed by atoms with Gasteiger partial charge in [0.05, 0.1) is 19.3 Å². The molecule has 108 valence electrons. The summed E-state index contributed by atoms with van der Waals surface area (Å²) in [6, 6.07) is 0. The molecular weight excluding hydrogens is 246 g/mol. The van der Waals surface area contributed by atoms with Crippen molar-refractivity contribution in [3.63, 3.8) is 0 Å². The zero-order valence-corrected chi connectivity index (χ0v) is 11.3. The van der Waals surface area contributed by atoms with Gasteiger partial charge in [0.25, 0.3) is 5.91 Å². The van der Waals surface area contributed by atoms with Crippen molar-refractivity contribution in [2.24, 2.45) is 5.92 Å². The molecule has 1 N–H and O–H groups in total. The highest BCUT2D eigenvalue weighted by Crippen LogP contribution is 2.30. The molecule has 2 unspecified atom stereocenters. The number of nitrogens with zero attached hydrogens (tertiary/aromatic N) is 1. The summed E-state index contributed by atoms with van der Waals surface area (Å²) in [7, 11) is 0. The second-order valence-electron chi connectivity index (χ2n) is 6.13. The lowest BCUT2D eigenvalue weighted by Crippen LogP contribution is -2.53. The molecule has 1 aliphatic carbocycles. The number of amides is 1. The molecule has 0 aromatic rings. The van der Waals surface area contributed by atoms with E-state index in [0.29, 0.717) is 19.6 Å². The maximum absolute atomic E-state index is 12.4. The number of rotatable bonds is 4. The van der Waals surface area contributed by atoms with E-state index < -0.39 is 5.60 Å². The van der Waals surface area contributed by atoms with Crippen LogP contribution in [0.15, 0.2) is 0 Å². The van der Waals surface area contributed by atoms with Gasteiger partial charge in [0.15, 0.2) is 5.60 Å². The Kier molecular flexibility index (Phi) is 3.78. The molecule has 1 amide bonds. The second kappa shape index (κ2) is 5.38. The number of aliphatic hydroxyl groups is 1. The summed E-state index contributed by atoms with van der Waals surface area (Å²) in [5, 5.41) is 10.3. The molecule has 3 fully saturated rings. The highest BCUT2D eigenvalue weighted by atomic mass is 16.5. The summed E-state index contributed by atoms with van der Waals surface area (Å²) < 4.78 is 11.0. The van der Waals surface area contributed by atoms with Crippen molar-refractivity contribution in [3.05, 3.63) is 0 Å². The molecule has 0 spiro atoms. The molecule has 5 nitrogen and oxygen atoms in total. The molecule has 3 aliphatic rings. The first-order chi connectivity index (χ1) is 9.17. The molecule has 5 heteroatoms. The molecule has 19 heavy (non-hydrogen) atoms. The molecule has 3 rings (SSSR count). The Balaban J connectivity index is 1.53. The molecule has 0 aromatic carbocycles. The van der Waals surface area contributed by atoms with Crippen molar-refractivity contribution in [2.45, 2.75) is 43.8 Å². The molecular formula is C14H23NO4. The molecule has 1 saturated carbocycles. The van der Waals surface area contributed by atoms with Gasteiger partial charge in [0.1, 0.15) is 0 Å². The molecule has 2 heterocycles. The van der Waals surface area contributed by atoms with E-state index in [0.717, 1.165) is 31.9 Å². The Hall–Kier alpha value is -0.650. The van der Waals surface area contributed by atoms with E-state index in [4.69, 9.17) is 9.47 Å². The molecule has 0 bridgehead atoms. The SMILES string of the molecule is O=C(N1CCCC(OCC2CC2)C1)C1(O)CCOC1. The normalized spacial score (nSPS) is 35.6. The first-order valence-corrected chi connectivity index (χ1v) is 7.38. The number of hydrogen-bond donors (Lipinski definition) is 1. The molecule has 2 aliphatic heterocycles. The minimum atomic E-state index is -1.29. The molecule has 0 aromatic heterocycles. The average Bonchev–Trinajstić information content (AvgIpc) is 3.16. The number of hydrogen-bond acceptors (Lipinski definition) is 4. The van der Waals surface area contributed by atoms with Crippen molar-refractivity contribution >= 4 is 5.91 Å². The fourth-order valence-corrected chi connectivity index (χ4v) is 2.83. The van der Waals surface area contributed by atoms with Crippen LogP contribution in [0.4, 0.5) is 0 Å². The summed E-state index contributed by atoms with van der Waals surface area (Å²) in [6.45, 7) is 2.78. The van der Waals surface area contributed by atoms with E-state index in [2.05, 4.69) is 0 Å². The Morgan fingerprint density at radius 1 is 1.42 bits per heavy atom. The van der Waals surface area contributed by atoms with Crippen LogP contribution < -0.4 is 0 Å². The van der Waals surface area contributed by atoms with Gasteiger partial charge in [-0.15, -0.1) is 0 Å². The van der Waals surface area contributed by atoms with Gasteiger partial charge >= 0.3 is 0 Å². The van der Waals surface area contributed by atoms with Crippen molar-refractivity contribution in [1.82, 2.24) is 4.90 Å². The average molecular weight is 269 g/mol. The van der Waals surface area contributed by atoms with E-state index in [1.54, 1.807) is 4.90 Å². The Bertz CT molecular complexity index is 336. The Morgan fingerprint density at radius 3 is 2.95 bits per heavy atom. The third-order valence-corrected chi connectivity index (χ3v) is 4.33. The third-order valence-electron chi connectivity index (χ3n) is 4.33. The van der Waals surface area contributed by atoms with Gasteiger partial charge in [-0.05, 0) is 31.6 Å². The monoisotopic (exact) mass is 269 g/mol. The lowest BCUT2D eigenvalue weighted by molar-refractivity contribution is -0.155. The van der Waals surface area contributed by atoms with Gasteiger partial charge in [-0.1, -0.05) is 0 Å². The van der Waals surface area contributed by atoms with Gasteiger partial charge in [-0.3, -0.25) is 4.79 Å². The smallest absolute Gasteiger partial charge is 0.257 e. The number of carbonyl (C=O) groups excluding carboxylic acids is 1. The highest BCUT2D eigenvalue weighted by molar-refractivity contribution is 5.85. The van der Waals surface area contributed by atoms with Crippen LogP contribution in [0, 0.1) is 5.92 Å². The maximum atomic E-state index is 12.4. The summed E-state index contributed by atoms with van der Waals surface area (Å²) in [4.78, 5) is 14.1. The fraction of sp³-hybridized carbons (Fsp3) is 0.929. The first kappa shape index (κ1) is 13.3. The zero-order chi connectivity index (χ0) is 13.3. The molecule has 2 atom stereocenters. The summed E-state index contributed by atoms with van der Waals surface area (Å²) >= 11 is 0. The van der Waals surface area contributed by atoms with Crippen molar-refractivity contribution in [3.8, 4) is 0 Å². The quantitative estimate of drug-likeness (QED) is 0.810. The van der Waals surface area contributed by atoms with Crippen molar-refractivity contribution in [2.75, 3.05) is 32.9 Å².